The summed E-state index contributed by atoms with van der Waals surface area (Å²) in [5, 5.41) is 8.13. The van der Waals surface area contributed by atoms with Crippen molar-refractivity contribution >= 4 is 33.3 Å². The lowest BCUT2D eigenvalue weighted by Gasteiger charge is -2.08. The number of amides is 1. The van der Waals surface area contributed by atoms with E-state index in [1.165, 1.54) is 22.2 Å². The number of aromatic nitrogens is 6. The SMILES string of the molecule is Cc1sc2ncn(CCC(=O)Nc3cc(C4CC4)nn3-c3ncccn3)c(=O)c2c1C. The summed E-state index contributed by atoms with van der Waals surface area (Å²) in [4.78, 5) is 40.2. The molecule has 5 rings (SSSR count). The predicted octanol–water partition coefficient (Wildman–Crippen LogP) is 2.96. The van der Waals surface area contributed by atoms with E-state index in [1.54, 1.807) is 23.1 Å². The number of fused-ring (bicyclic) bond motifs is 1. The quantitative estimate of drug-likeness (QED) is 0.499. The summed E-state index contributed by atoms with van der Waals surface area (Å²) < 4.78 is 3.05. The van der Waals surface area contributed by atoms with E-state index in [4.69, 9.17) is 0 Å². The maximum Gasteiger partial charge on any atom is 0.262 e. The van der Waals surface area contributed by atoms with Gasteiger partial charge in [-0.3, -0.25) is 14.2 Å². The highest BCUT2D eigenvalue weighted by Crippen LogP contribution is 2.40. The van der Waals surface area contributed by atoms with E-state index in [1.807, 2.05) is 19.9 Å². The molecule has 0 spiro atoms. The minimum atomic E-state index is -0.218. The molecule has 1 saturated carbocycles. The maximum atomic E-state index is 12.8. The van der Waals surface area contributed by atoms with Gasteiger partial charge in [0.1, 0.15) is 10.6 Å². The molecule has 0 aromatic carbocycles. The van der Waals surface area contributed by atoms with Gasteiger partial charge in [-0.2, -0.15) is 9.78 Å². The third-order valence-electron chi connectivity index (χ3n) is 5.47. The topological polar surface area (TPSA) is 108 Å². The zero-order chi connectivity index (χ0) is 21.5. The monoisotopic (exact) mass is 435 g/mol. The second-order valence-electron chi connectivity index (χ2n) is 7.69. The van der Waals surface area contributed by atoms with Gasteiger partial charge in [-0.05, 0) is 38.3 Å². The molecular formula is C21H21N7O2S. The summed E-state index contributed by atoms with van der Waals surface area (Å²) in [5.41, 5.74) is 1.77. The number of hydrogen-bond acceptors (Lipinski definition) is 7. The third-order valence-corrected chi connectivity index (χ3v) is 6.58. The van der Waals surface area contributed by atoms with Crippen LogP contribution in [0.25, 0.3) is 16.2 Å². The maximum absolute atomic E-state index is 12.8. The Balaban J connectivity index is 1.35. The molecule has 10 heteroatoms. The van der Waals surface area contributed by atoms with Gasteiger partial charge in [0.15, 0.2) is 0 Å². The van der Waals surface area contributed by atoms with Crippen LogP contribution < -0.4 is 10.9 Å². The average molecular weight is 436 g/mol. The Bertz CT molecular complexity index is 1340. The summed E-state index contributed by atoms with van der Waals surface area (Å²) in [6.45, 7) is 4.15. The molecule has 1 aliphatic carbocycles. The number of aryl methyl sites for hydroxylation is 3. The third kappa shape index (κ3) is 3.74. The fraction of sp³-hybridized carbons (Fsp3) is 0.333. The van der Waals surface area contributed by atoms with Crippen LogP contribution in [0.15, 0.2) is 35.6 Å². The first kappa shape index (κ1) is 19.6. The zero-order valence-corrected chi connectivity index (χ0v) is 18.0. The van der Waals surface area contributed by atoms with E-state index >= 15 is 0 Å². The Morgan fingerprint density at radius 1 is 1.23 bits per heavy atom. The molecule has 0 saturated heterocycles. The summed E-state index contributed by atoms with van der Waals surface area (Å²) >= 11 is 1.51. The minimum absolute atomic E-state index is 0.113. The van der Waals surface area contributed by atoms with Crippen molar-refractivity contribution < 1.29 is 4.79 Å². The Morgan fingerprint density at radius 3 is 2.74 bits per heavy atom. The first-order chi connectivity index (χ1) is 15.0. The van der Waals surface area contributed by atoms with Crippen LogP contribution in [0.2, 0.25) is 0 Å². The van der Waals surface area contributed by atoms with Crippen LogP contribution in [0.3, 0.4) is 0 Å². The Hall–Kier alpha value is -3.40. The van der Waals surface area contributed by atoms with E-state index in [-0.39, 0.29) is 24.4 Å². The van der Waals surface area contributed by atoms with Gasteiger partial charge in [-0.15, -0.1) is 11.3 Å². The molecule has 0 atom stereocenters. The fourth-order valence-corrected chi connectivity index (χ4v) is 4.46. The number of rotatable bonds is 6. The standard InChI is InChI=1S/C21H21N7O2S/c1-12-13(2)31-19-18(12)20(30)27(11-24-19)9-6-17(29)25-16-10-15(14-4-5-14)26-28(16)21-22-7-3-8-23-21/h3,7-8,10-11,14H,4-6,9H2,1-2H3,(H,25,29). The molecule has 0 radical (unpaired) electrons. The Kier molecular flexibility index (Phi) is 4.85. The highest BCUT2D eigenvalue weighted by atomic mass is 32.1. The molecule has 9 nitrogen and oxygen atoms in total. The molecule has 0 unspecified atom stereocenters. The number of thiophene rings is 1. The zero-order valence-electron chi connectivity index (χ0n) is 17.2. The van der Waals surface area contributed by atoms with Gasteiger partial charge in [-0.1, -0.05) is 0 Å². The lowest BCUT2D eigenvalue weighted by Crippen LogP contribution is -2.24. The average Bonchev–Trinajstić information content (AvgIpc) is 3.47. The molecule has 31 heavy (non-hydrogen) atoms. The molecule has 4 aromatic heterocycles. The molecule has 0 aliphatic heterocycles. The van der Waals surface area contributed by atoms with Crippen LogP contribution in [-0.2, 0) is 11.3 Å². The first-order valence-electron chi connectivity index (χ1n) is 10.1. The van der Waals surface area contributed by atoms with Crippen molar-refractivity contribution in [3.8, 4) is 5.95 Å². The number of nitrogens with one attached hydrogen (secondary N) is 1. The summed E-state index contributed by atoms with van der Waals surface area (Å²) in [6.07, 6.45) is 7.11. The van der Waals surface area contributed by atoms with Gasteiger partial charge in [0.05, 0.1) is 17.4 Å². The normalized spacial score (nSPS) is 13.6. The predicted molar refractivity (Wildman–Crippen MR) is 118 cm³/mol. The van der Waals surface area contributed by atoms with Crippen molar-refractivity contribution in [2.24, 2.45) is 0 Å². The van der Waals surface area contributed by atoms with Crippen LogP contribution in [0.5, 0.6) is 0 Å². The minimum Gasteiger partial charge on any atom is -0.310 e. The molecule has 0 bridgehead atoms. The molecule has 4 heterocycles. The summed E-state index contributed by atoms with van der Waals surface area (Å²) in [6, 6.07) is 3.61. The van der Waals surface area contributed by atoms with E-state index in [0.717, 1.165) is 33.8 Å². The van der Waals surface area contributed by atoms with Gasteiger partial charge in [0.2, 0.25) is 5.91 Å². The number of hydrogen-bond donors (Lipinski definition) is 1. The van der Waals surface area contributed by atoms with Crippen LogP contribution in [-0.4, -0.2) is 35.2 Å². The van der Waals surface area contributed by atoms with Crippen LogP contribution >= 0.6 is 11.3 Å². The highest BCUT2D eigenvalue weighted by molar-refractivity contribution is 7.18. The Labute approximate surface area is 181 Å². The van der Waals surface area contributed by atoms with Crippen molar-refractivity contribution in [3.05, 3.63) is 57.3 Å². The highest BCUT2D eigenvalue weighted by Gasteiger charge is 2.28. The molecule has 1 fully saturated rings. The molecule has 158 valence electrons. The summed E-state index contributed by atoms with van der Waals surface area (Å²) in [5.74, 6) is 1.14. The number of carbonyl (C=O) groups is 1. The van der Waals surface area contributed by atoms with Crippen molar-refractivity contribution in [2.75, 3.05) is 5.32 Å². The molecule has 1 aliphatic rings. The molecule has 4 aromatic rings. The second-order valence-corrected chi connectivity index (χ2v) is 8.90. The van der Waals surface area contributed by atoms with Crippen molar-refractivity contribution in [1.29, 1.82) is 0 Å². The number of carbonyl (C=O) groups excluding carboxylic acids is 1. The van der Waals surface area contributed by atoms with Crippen LogP contribution in [0.4, 0.5) is 5.82 Å². The first-order valence-corrected chi connectivity index (χ1v) is 11.0. The van der Waals surface area contributed by atoms with E-state index in [0.29, 0.717) is 23.1 Å². The molecule has 1 N–H and O–H groups in total. The van der Waals surface area contributed by atoms with Gasteiger partial charge in [0.25, 0.3) is 11.5 Å². The van der Waals surface area contributed by atoms with E-state index in [2.05, 4.69) is 25.4 Å². The second kappa shape index (κ2) is 7.69. The number of nitrogens with zero attached hydrogens (tertiary/aromatic N) is 6. The van der Waals surface area contributed by atoms with Crippen molar-refractivity contribution in [2.45, 2.75) is 45.6 Å². The molecule has 1 amide bonds. The van der Waals surface area contributed by atoms with Crippen molar-refractivity contribution in [3.63, 3.8) is 0 Å². The lowest BCUT2D eigenvalue weighted by molar-refractivity contribution is -0.116. The van der Waals surface area contributed by atoms with Crippen LogP contribution in [0, 0.1) is 13.8 Å². The van der Waals surface area contributed by atoms with Gasteiger partial charge < -0.3 is 5.32 Å². The molecular weight excluding hydrogens is 414 g/mol. The van der Waals surface area contributed by atoms with Crippen LogP contribution in [0.1, 0.15) is 41.3 Å². The lowest BCUT2D eigenvalue weighted by atomic mass is 10.2. The smallest absolute Gasteiger partial charge is 0.262 e. The Morgan fingerprint density at radius 2 is 2.00 bits per heavy atom. The van der Waals surface area contributed by atoms with Crippen molar-refractivity contribution in [1.82, 2.24) is 29.3 Å². The van der Waals surface area contributed by atoms with Gasteiger partial charge >= 0.3 is 0 Å². The number of anilines is 1. The van der Waals surface area contributed by atoms with Gasteiger partial charge in [0, 0.05) is 42.2 Å². The largest absolute Gasteiger partial charge is 0.310 e. The fourth-order valence-electron chi connectivity index (χ4n) is 3.48. The van der Waals surface area contributed by atoms with E-state index < -0.39 is 0 Å². The van der Waals surface area contributed by atoms with Gasteiger partial charge in [-0.25, -0.2) is 15.0 Å². The summed E-state index contributed by atoms with van der Waals surface area (Å²) in [7, 11) is 0. The van der Waals surface area contributed by atoms with E-state index in [9.17, 15) is 9.59 Å².